The van der Waals surface area contributed by atoms with Gasteiger partial charge < -0.3 is 5.32 Å². The van der Waals surface area contributed by atoms with Crippen LogP contribution in [0.5, 0.6) is 0 Å². The number of alkyl halides is 3. The number of nitrogens with one attached hydrogen (secondary N) is 1. The average molecular weight is 373 g/mol. The highest BCUT2D eigenvalue weighted by molar-refractivity contribution is 7.88. The second-order valence-corrected chi connectivity index (χ2v) is 7.30. The van der Waals surface area contributed by atoms with Gasteiger partial charge in [0.2, 0.25) is 10.0 Å². The summed E-state index contributed by atoms with van der Waals surface area (Å²) in [5.74, 6) is -0.622. The first kappa shape index (κ1) is 20.2. The predicted octanol–water partition coefficient (Wildman–Crippen LogP) is 2.64. The minimum absolute atomic E-state index is 0. The summed E-state index contributed by atoms with van der Waals surface area (Å²) in [7, 11) is -2.05. The topological polar surface area (TPSA) is 49.4 Å². The van der Waals surface area contributed by atoms with E-state index in [9.17, 15) is 21.6 Å². The number of benzene rings is 1. The number of hydrogen-bond donors (Lipinski definition) is 1. The van der Waals surface area contributed by atoms with Crippen LogP contribution in [0.15, 0.2) is 24.3 Å². The van der Waals surface area contributed by atoms with Crippen molar-refractivity contribution in [1.82, 2.24) is 9.62 Å². The Morgan fingerprint density at radius 1 is 1.30 bits per heavy atom. The van der Waals surface area contributed by atoms with Gasteiger partial charge in [-0.15, -0.1) is 12.4 Å². The van der Waals surface area contributed by atoms with Crippen LogP contribution in [-0.2, 0) is 22.0 Å². The van der Waals surface area contributed by atoms with Crippen molar-refractivity contribution in [2.75, 3.05) is 20.1 Å². The fraction of sp³-hybridized carbons (Fsp3) is 0.571. The van der Waals surface area contributed by atoms with Gasteiger partial charge in [-0.2, -0.15) is 17.5 Å². The summed E-state index contributed by atoms with van der Waals surface area (Å²) in [5, 5.41) is 2.93. The van der Waals surface area contributed by atoms with Gasteiger partial charge in [0.05, 0.1) is 11.3 Å². The van der Waals surface area contributed by atoms with E-state index in [1.807, 2.05) is 0 Å². The summed E-state index contributed by atoms with van der Waals surface area (Å²) in [6.45, 7) is 0.864. The molecule has 1 heterocycles. The van der Waals surface area contributed by atoms with E-state index in [-0.39, 0.29) is 24.0 Å². The summed E-state index contributed by atoms with van der Waals surface area (Å²) in [6, 6.07) is 4.64. The summed E-state index contributed by atoms with van der Waals surface area (Å²) in [5.41, 5.74) is -1.09. The van der Waals surface area contributed by atoms with E-state index in [0.717, 1.165) is 18.9 Å². The van der Waals surface area contributed by atoms with Crippen molar-refractivity contribution >= 4 is 22.4 Å². The van der Waals surface area contributed by atoms with Gasteiger partial charge in [-0.05, 0) is 31.5 Å². The Bertz CT molecular complexity index is 623. The van der Waals surface area contributed by atoms with Crippen molar-refractivity contribution in [2.24, 2.45) is 0 Å². The molecule has 0 spiro atoms. The third-order valence-electron chi connectivity index (χ3n) is 3.78. The molecule has 23 heavy (non-hydrogen) atoms. The molecule has 2 rings (SSSR count). The zero-order chi connectivity index (χ0) is 16.4. The molecule has 132 valence electrons. The fourth-order valence-electron chi connectivity index (χ4n) is 2.82. The lowest BCUT2D eigenvalue weighted by molar-refractivity contribution is -0.138. The van der Waals surface area contributed by atoms with Crippen LogP contribution in [-0.4, -0.2) is 38.9 Å². The second-order valence-electron chi connectivity index (χ2n) is 5.38. The first-order chi connectivity index (χ1) is 10.3. The van der Waals surface area contributed by atoms with E-state index >= 15 is 0 Å². The van der Waals surface area contributed by atoms with Crippen LogP contribution < -0.4 is 5.32 Å². The number of hydrogen-bond acceptors (Lipinski definition) is 3. The van der Waals surface area contributed by atoms with Gasteiger partial charge in [0.25, 0.3) is 0 Å². The smallest absolute Gasteiger partial charge is 0.318 e. The molecule has 1 aliphatic rings. The van der Waals surface area contributed by atoms with Crippen LogP contribution >= 0.6 is 12.4 Å². The van der Waals surface area contributed by atoms with Crippen LogP contribution in [0.4, 0.5) is 13.2 Å². The van der Waals surface area contributed by atoms with Gasteiger partial charge >= 0.3 is 6.18 Å². The number of halogens is 4. The molecule has 0 saturated carbocycles. The highest BCUT2D eigenvalue weighted by Gasteiger charge is 2.37. The Morgan fingerprint density at radius 3 is 2.57 bits per heavy atom. The molecule has 1 N–H and O–H groups in total. The minimum atomic E-state index is -4.55. The molecule has 0 amide bonds. The van der Waals surface area contributed by atoms with Crippen molar-refractivity contribution in [3.8, 4) is 0 Å². The maximum Gasteiger partial charge on any atom is 0.416 e. The molecule has 9 heteroatoms. The molecule has 1 unspecified atom stereocenters. The van der Waals surface area contributed by atoms with E-state index < -0.39 is 27.5 Å². The molecular formula is C14H20ClF3N2O2S. The minimum Gasteiger partial charge on any atom is -0.318 e. The maximum absolute atomic E-state index is 13.0. The van der Waals surface area contributed by atoms with Gasteiger partial charge in [-0.25, -0.2) is 8.42 Å². The molecule has 1 aliphatic heterocycles. The van der Waals surface area contributed by atoms with Crippen LogP contribution in [0.2, 0.25) is 0 Å². The van der Waals surface area contributed by atoms with Gasteiger partial charge in [-0.3, -0.25) is 0 Å². The average Bonchev–Trinajstić information content (AvgIpc) is 2.87. The largest absolute Gasteiger partial charge is 0.416 e. The van der Waals surface area contributed by atoms with E-state index in [1.165, 1.54) is 22.5 Å². The molecule has 1 fully saturated rings. The van der Waals surface area contributed by atoms with Crippen LogP contribution in [0, 0.1) is 0 Å². The number of sulfonamides is 1. The third-order valence-corrected chi connectivity index (χ3v) is 5.65. The zero-order valence-corrected chi connectivity index (χ0v) is 14.3. The lowest BCUT2D eigenvalue weighted by Gasteiger charge is -2.24. The van der Waals surface area contributed by atoms with Crippen molar-refractivity contribution in [2.45, 2.75) is 30.8 Å². The molecule has 1 aromatic carbocycles. The van der Waals surface area contributed by atoms with Crippen molar-refractivity contribution in [3.63, 3.8) is 0 Å². The SMILES string of the molecule is CNCC1CCCN1S(=O)(=O)Cc1ccccc1C(F)(F)F.Cl. The van der Waals surface area contributed by atoms with E-state index in [1.54, 1.807) is 7.05 Å². The molecule has 1 saturated heterocycles. The van der Waals surface area contributed by atoms with Gasteiger partial charge in [0.1, 0.15) is 0 Å². The number of rotatable bonds is 5. The Kier molecular flexibility index (Phi) is 6.88. The Labute approximate surface area is 140 Å². The summed E-state index contributed by atoms with van der Waals surface area (Å²) in [6.07, 6.45) is -3.10. The highest BCUT2D eigenvalue weighted by Crippen LogP contribution is 2.33. The zero-order valence-electron chi connectivity index (χ0n) is 12.6. The normalized spacial score (nSPS) is 19.6. The standard InChI is InChI=1S/C14H19F3N2O2S.ClH/c1-18-9-12-6-4-8-19(12)22(20,21)10-11-5-2-3-7-13(11)14(15,16)17;/h2-3,5,7,12,18H,4,6,8-10H2,1H3;1H. The van der Waals surface area contributed by atoms with Gasteiger partial charge in [0, 0.05) is 19.1 Å². The number of nitrogens with zero attached hydrogens (tertiary/aromatic N) is 1. The Hall–Kier alpha value is -0.830. The fourth-order valence-corrected chi connectivity index (χ4v) is 4.67. The summed E-state index contributed by atoms with van der Waals surface area (Å²) in [4.78, 5) is 0. The predicted molar refractivity (Wildman–Crippen MR) is 85.0 cm³/mol. The molecule has 4 nitrogen and oxygen atoms in total. The Balaban J connectivity index is 0.00000264. The summed E-state index contributed by atoms with van der Waals surface area (Å²) < 4.78 is 65.3. The lowest BCUT2D eigenvalue weighted by atomic mass is 10.1. The molecule has 0 aliphatic carbocycles. The summed E-state index contributed by atoms with van der Waals surface area (Å²) >= 11 is 0. The second kappa shape index (κ2) is 7.83. The number of likely N-dealkylation sites (N-methyl/N-ethyl adjacent to an activating group) is 1. The monoisotopic (exact) mass is 372 g/mol. The quantitative estimate of drug-likeness (QED) is 0.864. The molecule has 0 aromatic heterocycles. The Morgan fingerprint density at radius 2 is 1.96 bits per heavy atom. The van der Waals surface area contributed by atoms with Crippen LogP contribution in [0.25, 0.3) is 0 Å². The lowest BCUT2D eigenvalue weighted by Crippen LogP contribution is -2.41. The van der Waals surface area contributed by atoms with Crippen molar-refractivity contribution in [3.05, 3.63) is 35.4 Å². The molecule has 1 atom stereocenters. The molecular weight excluding hydrogens is 353 g/mol. The van der Waals surface area contributed by atoms with Crippen LogP contribution in [0.3, 0.4) is 0 Å². The highest BCUT2D eigenvalue weighted by atomic mass is 35.5. The molecule has 0 radical (unpaired) electrons. The van der Waals surface area contributed by atoms with Crippen LogP contribution in [0.1, 0.15) is 24.0 Å². The van der Waals surface area contributed by atoms with Gasteiger partial charge in [0.15, 0.2) is 0 Å². The van der Waals surface area contributed by atoms with Crippen molar-refractivity contribution in [1.29, 1.82) is 0 Å². The van der Waals surface area contributed by atoms with E-state index in [4.69, 9.17) is 0 Å². The first-order valence-corrected chi connectivity index (χ1v) is 8.66. The third kappa shape index (κ3) is 4.82. The van der Waals surface area contributed by atoms with E-state index in [2.05, 4.69) is 5.32 Å². The molecule has 1 aromatic rings. The van der Waals surface area contributed by atoms with Gasteiger partial charge in [-0.1, -0.05) is 18.2 Å². The molecule has 0 bridgehead atoms. The van der Waals surface area contributed by atoms with E-state index in [0.29, 0.717) is 13.1 Å². The van der Waals surface area contributed by atoms with Crippen molar-refractivity contribution < 1.29 is 21.6 Å². The first-order valence-electron chi connectivity index (χ1n) is 7.05. The maximum atomic E-state index is 13.0.